The van der Waals surface area contributed by atoms with E-state index in [0.29, 0.717) is 23.6 Å². The topological polar surface area (TPSA) is 62.6 Å². The van der Waals surface area contributed by atoms with Crippen molar-refractivity contribution in [2.45, 2.75) is 6.42 Å². The van der Waals surface area contributed by atoms with E-state index in [0.717, 1.165) is 5.69 Å². The highest BCUT2D eigenvalue weighted by molar-refractivity contribution is 6.06. The van der Waals surface area contributed by atoms with E-state index in [-0.39, 0.29) is 19.1 Å². The zero-order chi connectivity index (χ0) is 15.4. The zero-order valence-corrected chi connectivity index (χ0v) is 11.9. The molecule has 3 rings (SSSR count). The molecule has 1 aliphatic rings. The Labute approximate surface area is 128 Å². The molecule has 2 aromatic rings. The molecular weight excluding hydrogens is 280 g/mol. The quantitative estimate of drug-likeness (QED) is 0.869. The predicted molar refractivity (Wildman–Crippen MR) is 80.9 cm³/mol. The van der Waals surface area contributed by atoms with Gasteiger partial charge in [0, 0.05) is 17.8 Å². The molecule has 2 aromatic carbocycles. The molecule has 0 aliphatic carbocycles. The van der Waals surface area contributed by atoms with E-state index in [1.807, 2.05) is 30.3 Å². The molecule has 1 heterocycles. The van der Waals surface area contributed by atoms with Gasteiger partial charge in [-0.2, -0.15) is 5.26 Å². The Morgan fingerprint density at radius 1 is 1.14 bits per heavy atom. The molecule has 5 nitrogen and oxygen atoms in total. The number of nitrogens with zero attached hydrogens (tertiary/aromatic N) is 2. The Balaban J connectivity index is 1.90. The van der Waals surface area contributed by atoms with Crippen molar-refractivity contribution >= 4 is 11.6 Å². The van der Waals surface area contributed by atoms with Gasteiger partial charge < -0.3 is 14.4 Å². The lowest BCUT2D eigenvalue weighted by Crippen LogP contribution is -2.31. The maximum atomic E-state index is 12.8. The molecule has 0 unspecified atom stereocenters. The van der Waals surface area contributed by atoms with E-state index in [1.54, 1.807) is 23.1 Å². The number of ether oxygens (including phenoxy) is 2. The van der Waals surface area contributed by atoms with Crippen LogP contribution in [-0.4, -0.2) is 19.2 Å². The third kappa shape index (κ3) is 2.72. The minimum atomic E-state index is -0.167. The van der Waals surface area contributed by atoms with Gasteiger partial charge in [-0.05, 0) is 30.3 Å². The number of nitriles is 1. The van der Waals surface area contributed by atoms with E-state index >= 15 is 0 Å². The normalized spacial score (nSPS) is 11.8. The van der Waals surface area contributed by atoms with Crippen molar-refractivity contribution in [3.05, 3.63) is 54.1 Å². The van der Waals surface area contributed by atoms with Gasteiger partial charge in [0.2, 0.25) is 6.79 Å². The van der Waals surface area contributed by atoms with Gasteiger partial charge in [0.1, 0.15) is 0 Å². The van der Waals surface area contributed by atoms with E-state index in [9.17, 15) is 4.79 Å². The molecule has 0 atom stereocenters. The number of carbonyl (C=O) groups is 1. The summed E-state index contributed by atoms with van der Waals surface area (Å²) < 4.78 is 10.6. The van der Waals surface area contributed by atoms with Crippen LogP contribution < -0.4 is 14.4 Å². The molecule has 0 saturated carbocycles. The molecule has 22 heavy (non-hydrogen) atoms. The fraction of sp³-hybridized carbons (Fsp3) is 0.176. The molecule has 0 bridgehead atoms. The van der Waals surface area contributed by atoms with Crippen LogP contribution in [0, 0.1) is 11.3 Å². The Kier molecular flexibility index (Phi) is 3.92. The number of anilines is 1. The van der Waals surface area contributed by atoms with Gasteiger partial charge in [-0.1, -0.05) is 18.2 Å². The second kappa shape index (κ2) is 6.19. The Bertz CT molecular complexity index is 722. The first-order valence-electron chi connectivity index (χ1n) is 6.93. The third-order valence-electron chi connectivity index (χ3n) is 3.38. The smallest absolute Gasteiger partial charge is 0.258 e. The van der Waals surface area contributed by atoms with E-state index < -0.39 is 0 Å². The molecule has 1 amide bonds. The monoisotopic (exact) mass is 294 g/mol. The van der Waals surface area contributed by atoms with Gasteiger partial charge in [-0.25, -0.2) is 0 Å². The van der Waals surface area contributed by atoms with Crippen LogP contribution in [0.4, 0.5) is 5.69 Å². The van der Waals surface area contributed by atoms with E-state index in [2.05, 4.69) is 6.07 Å². The van der Waals surface area contributed by atoms with Crippen LogP contribution in [0.15, 0.2) is 48.5 Å². The fourth-order valence-corrected chi connectivity index (χ4v) is 2.30. The number of para-hydroxylation sites is 1. The molecule has 1 aliphatic heterocycles. The summed E-state index contributed by atoms with van der Waals surface area (Å²) in [5.74, 6) is 1.04. The van der Waals surface area contributed by atoms with Gasteiger partial charge in [0.15, 0.2) is 11.5 Å². The lowest BCUT2D eigenvalue weighted by Gasteiger charge is -2.22. The highest BCUT2D eigenvalue weighted by Crippen LogP contribution is 2.33. The Morgan fingerprint density at radius 3 is 2.68 bits per heavy atom. The van der Waals surface area contributed by atoms with Crippen molar-refractivity contribution < 1.29 is 14.3 Å². The summed E-state index contributed by atoms with van der Waals surface area (Å²) in [6.45, 7) is 0.512. The predicted octanol–water partition coefficient (Wildman–Crippen LogP) is 2.98. The van der Waals surface area contributed by atoms with Gasteiger partial charge in [0.25, 0.3) is 5.91 Å². The van der Waals surface area contributed by atoms with Crippen LogP contribution in [-0.2, 0) is 0 Å². The highest BCUT2D eigenvalue weighted by atomic mass is 16.7. The summed E-state index contributed by atoms with van der Waals surface area (Å²) in [6, 6.07) is 16.5. The number of benzene rings is 2. The second-order valence-corrected chi connectivity index (χ2v) is 4.77. The number of amides is 1. The first kappa shape index (κ1) is 14.0. The Morgan fingerprint density at radius 2 is 1.91 bits per heavy atom. The highest BCUT2D eigenvalue weighted by Gasteiger charge is 2.21. The number of hydrogen-bond donors (Lipinski definition) is 0. The summed E-state index contributed by atoms with van der Waals surface area (Å²) in [5, 5.41) is 8.82. The van der Waals surface area contributed by atoms with Crippen molar-refractivity contribution in [3.63, 3.8) is 0 Å². The number of fused-ring (bicyclic) bond motifs is 1. The van der Waals surface area contributed by atoms with Crippen LogP contribution in [0.2, 0.25) is 0 Å². The lowest BCUT2D eigenvalue weighted by atomic mass is 10.1. The molecule has 0 radical (unpaired) electrons. The molecular formula is C17H14N2O3. The largest absolute Gasteiger partial charge is 0.454 e. The molecule has 0 N–H and O–H groups in total. The molecule has 0 aromatic heterocycles. The van der Waals surface area contributed by atoms with Crippen LogP contribution in [0.5, 0.6) is 11.5 Å². The van der Waals surface area contributed by atoms with Gasteiger partial charge in [-0.15, -0.1) is 0 Å². The van der Waals surface area contributed by atoms with E-state index in [4.69, 9.17) is 14.7 Å². The maximum absolute atomic E-state index is 12.8. The molecule has 0 saturated heterocycles. The number of hydrogen-bond acceptors (Lipinski definition) is 4. The third-order valence-corrected chi connectivity index (χ3v) is 3.38. The van der Waals surface area contributed by atoms with Crippen LogP contribution >= 0.6 is 0 Å². The minimum absolute atomic E-state index is 0.167. The van der Waals surface area contributed by atoms with Crippen molar-refractivity contribution in [1.29, 1.82) is 5.26 Å². The molecule has 0 spiro atoms. The van der Waals surface area contributed by atoms with Crippen molar-refractivity contribution in [2.24, 2.45) is 0 Å². The SMILES string of the molecule is N#CCCN(C(=O)c1ccc2c(c1)OCO2)c1ccccc1. The molecule has 110 valence electrons. The summed E-state index contributed by atoms with van der Waals surface area (Å²) in [5.41, 5.74) is 1.27. The standard InChI is InChI=1S/C17H14N2O3/c18-9-4-10-19(14-5-2-1-3-6-14)17(20)13-7-8-15-16(11-13)22-12-21-15/h1-3,5-8,11H,4,10,12H2. The summed E-state index contributed by atoms with van der Waals surface area (Å²) in [6.07, 6.45) is 0.269. The zero-order valence-electron chi connectivity index (χ0n) is 11.9. The van der Waals surface area contributed by atoms with Crippen molar-refractivity contribution in [1.82, 2.24) is 0 Å². The van der Waals surface area contributed by atoms with Crippen LogP contribution in [0.25, 0.3) is 0 Å². The van der Waals surface area contributed by atoms with Crippen molar-refractivity contribution in [2.75, 3.05) is 18.2 Å². The number of carbonyl (C=O) groups excluding carboxylic acids is 1. The van der Waals surface area contributed by atoms with Gasteiger partial charge in [-0.3, -0.25) is 4.79 Å². The first-order valence-corrected chi connectivity index (χ1v) is 6.93. The number of rotatable bonds is 4. The average molecular weight is 294 g/mol. The van der Waals surface area contributed by atoms with Gasteiger partial charge >= 0.3 is 0 Å². The Hall–Kier alpha value is -3.00. The van der Waals surface area contributed by atoms with Crippen LogP contribution in [0.1, 0.15) is 16.8 Å². The lowest BCUT2D eigenvalue weighted by molar-refractivity contribution is 0.0987. The fourth-order valence-electron chi connectivity index (χ4n) is 2.30. The minimum Gasteiger partial charge on any atom is -0.454 e. The van der Waals surface area contributed by atoms with Crippen molar-refractivity contribution in [3.8, 4) is 17.6 Å². The summed E-state index contributed by atoms with van der Waals surface area (Å²) >= 11 is 0. The summed E-state index contributed by atoms with van der Waals surface area (Å²) in [4.78, 5) is 14.4. The average Bonchev–Trinajstić information content (AvgIpc) is 3.03. The summed E-state index contributed by atoms with van der Waals surface area (Å²) in [7, 11) is 0. The molecule has 5 heteroatoms. The second-order valence-electron chi connectivity index (χ2n) is 4.77. The van der Waals surface area contributed by atoms with Crippen LogP contribution in [0.3, 0.4) is 0 Å². The van der Waals surface area contributed by atoms with Gasteiger partial charge in [0.05, 0.1) is 12.5 Å². The van der Waals surface area contributed by atoms with E-state index in [1.165, 1.54) is 0 Å². The first-order chi connectivity index (χ1) is 10.8. The maximum Gasteiger partial charge on any atom is 0.258 e. The molecule has 0 fully saturated rings.